The van der Waals surface area contributed by atoms with Crippen molar-refractivity contribution >= 4 is 39.2 Å². The lowest BCUT2D eigenvalue weighted by atomic mass is 9.97. The molecule has 0 atom stereocenters. The van der Waals surface area contributed by atoms with Crippen LogP contribution in [0.3, 0.4) is 0 Å². The van der Waals surface area contributed by atoms with Crippen LogP contribution in [0.15, 0.2) is 23.0 Å². The predicted octanol–water partition coefficient (Wildman–Crippen LogP) is 4.17. The highest BCUT2D eigenvalue weighted by Crippen LogP contribution is 2.33. The van der Waals surface area contributed by atoms with Gasteiger partial charge in [-0.3, -0.25) is 9.59 Å². The summed E-state index contributed by atoms with van der Waals surface area (Å²) in [6.07, 6.45) is 8.36. The summed E-state index contributed by atoms with van der Waals surface area (Å²) in [7, 11) is 0. The molecule has 0 radical (unpaired) electrons. The highest BCUT2D eigenvalue weighted by molar-refractivity contribution is 7.98. The van der Waals surface area contributed by atoms with E-state index in [0.717, 1.165) is 41.6 Å². The number of benzene rings is 1. The number of thioether (sulfide) groups is 1. The third-order valence-electron chi connectivity index (χ3n) is 6.35. The van der Waals surface area contributed by atoms with E-state index < -0.39 is 0 Å². The van der Waals surface area contributed by atoms with Crippen LogP contribution in [0, 0.1) is 0 Å². The first-order valence-electron chi connectivity index (χ1n) is 11.8. The van der Waals surface area contributed by atoms with Crippen LogP contribution in [0.2, 0.25) is 0 Å². The number of thiophene rings is 1. The minimum atomic E-state index is -0.0175. The maximum atomic E-state index is 12.6. The van der Waals surface area contributed by atoms with Gasteiger partial charge in [0.1, 0.15) is 23.0 Å². The lowest BCUT2D eigenvalue weighted by molar-refractivity contribution is -0.120. The molecule has 2 aliphatic carbocycles. The number of H-pyrrole nitrogens is 1. The highest BCUT2D eigenvalue weighted by Gasteiger charge is 2.19. The molecule has 0 spiro atoms. The molecule has 2 aromatic heterocycles. The quantitative estimate of drug-likeness (QED) is 0.446. The van der Waals surface area contributed by atoms with Gasteiger partial charge in [-0.05, 0) is 73.8 Å². The summed E-state index contributed by atoms with van der Waals surface area (Å²) in [6, 6.07) is 6.30. The zero-order valence-electron chi connectivity index (χ0n) is 18.7. The monoisotopic (exact) mass is 483 g/mol. The second-order valence-corrected chi connectivity index (χ2v) is 10.9. The average Bonchev–Trinajstić information content (AvgIpc) is 3.43. The molecule has 1 aromatic carbocycles. The number of hydrogen-bond donors (Lipinski definition) is 2. The average molecular weight is 484 g/mol. The molecule has 174 valence electrons. The van der Waals surface area contributed by atoms with Crippen LogP contribution < -0.4 is 15.6 Å². The van der Waals surface area contributed by atoms with Crippen LogP contribution in [-0.4, -0.2) is 34.8 Å². The van der Waals surface area contributed by atoms with Gasteiger partial charge >= 0.3 is 0 Å². The van der Waals surface area contributed by atoms with Crippen molar-refractivity contribution in [3.8, 4) is 5.75 Å². The van der Waals surface area contributed by atoms with Gasteiger partial charge in [0.05, 0.1) is 17.7 Å². The number of nitrogens with zero attached hydrogens (tertiary/aromatic N) is 1. The normalized spacial score (nSPS) is 14.8. The molecule has 2 aliphatic rings. The first-order chi connectivity index (χ1) is 16.2. The van der Waals surface area contributed by atoms with Crippen molar-refractivity contribution in [2.24, 2.45) is 0 Å². The molecule has 2 N–H and O–H groups in total. The van der Waals surface area contributed by atoms with Gasteiger partial charge in [-0.25, -0.2) is 4.98 Å². The Bertz CT molecular complexity index is 1220. The topological polar surface area (TPSA) is 84.1 Å². The van der Waals surface area contributed by atoms with Gasteiger partial charge < -0.3 is 15.0 Å². The Labute approximate surface area is 201 Å². The predicted molar refractivity (Wildman–Crippen MR) is 135 cm³/mol. The van der Waals surface area contributed by atoms with E-state index >= 15 is 0 Å². The Morgan fingerprint density at radius 2 is 2.03 bits per heavy atom. The molecule has 5 rings (SSSR count). The zero-order chi connectivity index (χ0) is 22.6. The van der Waals surface area contributed by atoms with E-state index in [2.05, 4.69) is 22.4 Å². The van der Waals surface area contributed by atoms with Gasteiger partial charge in [-0.1, -0.05) is 6.07 Å². The fraction of sp³-hybridized carbons (Fsp3) is 0.480. The first kappa shape index (κ1) is 22.5. The number of nitrogens with one attached hydrogen (secondary N) is 2. The maximum Gasteiger partial charge on any atom is 0.259 e. The summed E-state index contributed by atoms with van der Waals surface area (Å²) in [5.41, 5.74) is 4.02. The molecule has 0 bridgehead atoms. The Morgan fingerprint density at radius 3 is 2.97 bits per heavy atom. The highest BCUT2D eigenvalue weighted by atomic mass is 32.2. The SMILES string of the molecule is O=C(CCSCc1nc2sc3c(c2c(=O)[nH]1)CCCC3)NCCOc1ccc2c(c1)CCC2. The minimum absolute atomic E-state index is 0.0166. The van der Waals surface area contributed by atoms with Gasteiger partial charge in [-0.2, -0.15) is 11.8 Å². The largest absolute Gasteiger partial charge is 0.492 e. The van der Waals surface area contributed by atoms with Crippen LogP contribution in [0.5, 0.6) is 5.75 Å². The number of carbonyl (C=O) groups excluding carboxylic acids is 1. The second-order valence-electron chi connectivity index (χ2n) is 8.69. The summed E-state index contributed by atoms with van der Waals surface area (Å²) < 4.78 is 5.78. The number of amides is 1. The van der Waals surface area contributed by atoms with Crippen LogP contribution in [0.4, 0.5) is 0 Å². The number of rotatable bonds is 9. The van der Waals surface area contributed by atoms with Crippen LogP contribution in [0.1, 0.15) is 53.1 Å². The standard InChI is InChI=1S/C25H29N3O3S2/c29-22(26-11-12-31-18-9-8-16-4-3-5-17(16)14-18)10-13-32-15-21-27-24(30)23-19-6-1-2-7-20(19)33-25(23)28-21/h8-9,14H,1-7,10-13,15H2,(H,26,29)(H,27,28,30). The van der Waals surface area contributed by atoms with Crippen molar-refractivity contribution in [1.82, 2.24) is 15.3 Å². The lowest BCUT2D eigenvalue weighted by Gasteiger charge is -2.09. The number of aromatic amines is 1. The number of fused-ring (bicyclic) bond motifs is 4. The van der Waals surface area contributed by atoms with E-state index in [-0.39, 0.29) is 11.5 Å². The number of carbonyl (C=O) groups is 1. The molecule has 1 amide bonds. The zero-order valence-corrected chi connectivity index (χ0v) is 20.3. The summed E-state index contributed by atoms with van der Waals surface area (Å²) in [5, 5.41) is 3.71. The fourth-order valence-electron chi connectivity index (χ4n) is 4.70. The molecule has 33 heavy (non-hydrogen) atoms. The lowest BCUT2D eigenvalue weighted by Crippen LogP contribution is -2.28. The Morgan fingerprint density at radius 1 is 1.15 bits per heavy atom. The molecule has 0 aliphatic heterocycles. The van der Waals surface area contributed by atoms with E-state index in [1.165, 1.54) is 40.8 Å². The summed E-state index contributed by atoms with van der Waals surface area (Å²) in [5.74, 6) is 2.87. The molecule has 8 heteroatoms. The van der Waals surface area contributed by atoms with Gasteiger partial charge in [-0.15, -0.1) is 11.3 Å². The molecule has 2 heterocycles. The minimum Gasteiger partial charge on any atom is -0.492 e. The molecule has 0 fully saturated rings. The fourth-order valence-corrected chi connectivity index (χ4v) is 6.78. The van der Waals surface area contributed by atoms with Gasteiger partial charge in [0.15, 0.2) is 0 Å². The number of aryl methyl sites for hydroxylation is 4. The molecular formula is C25H29N3O3S2. The molecule has 0 saturated carbocycles. The van der Waals surface area contributed by atoms with Gasteiger partial charge in [0.25, 0.3) is 5.56 Å². The number of hydrogen-bond acceptors (Lipinski definition) is 6. The Balaban J connectivity index is 1.03. The van der Waals surface area contributed by atoms with Crippen molar-refractivity contribution in [1.29, 1.82) is 0 Å². The molecule has 3 aromatic rings. The van der Waals surface area contributed by atoms with Crippen molar-refractivity contribution in [2.75, 3.05) is 18.9 Å². The molecule has 0 unspecified atom stereocenters. The summed E-state index contributed by atoms with van der Waals surface area (Å²) in [4.78, 5) is 34.5. The smallest absolute Gasteiger partial charge is 0.259 e. The molecule has 0 saturated heterocycles. The first-order valence-corrected chi connectivity index (χ1v) is 13.8. The van der Waals surface area contributed by atoms with Crippen LogP contribution in [-0.2, 0) is 36.2 Å². The van der Waals surface area contributed by atoms with Crippen LogP contribution >= 0.6 is 23.1 Å². The summed E-state index contributed by atoms with van der Waals surface area (Å²) >= 11 is 3.29. The van der Waals surface area contributed by atoms with E-state index in [1.807, 2.05) is 6.07 Å². The second kappa shape index (κ2) is 10.3. The molecule has 6 nitrogen and oxygen atoms in total. The van der Waals surface area contributed by atoms with E-state index in [1.54, 1.807) is 23.1 Å². The van der Waals surface area contributed by atoms with E-state index in [0.29, 0.717) is 36.9 Å². The third-order valence-corrected chi connectivity index (χ3v) is 8.51. The van der Waals surface area contributed by atoms with Crippen molar-refractivity contribution in [3.63, 3.8) is 0 Å². The third kappa shape index (κ3) is 5.27. The maximum absolute atomic E-state index is 12.6. The Kier molecular flexibility index (Phi) is 7.02. The van der Waals surface area contributed by atoms with E-state index in [9.17, 15) is 9.59 Å². The van der Waals surface area contributed by atoms with Gasteiger partial charge in [0, 0.05) is 17.1 Å². The van der Waals surface area contributed by atoms with Gasteiger partial charge in [0.2, 0.25) is 5.91 Å². The number of aromatic nitrogens is 2. The number of ether oxygens (including phenoxy) is 1. The Hall–Kier alpha value is -2.32. The van der Waals surface area contributed by atoms with Crippen LogP contribution in [0.25, 0.3) is 10.2 Å². The molecular weight excluding hydrogens is 454 g/mol. The van der Waals surface area contributed by atoms with E-state index in [4.69, 9.17) is 9.72 Å². The van der Waals surface area contributed by atoms with Crippen molar-refractivity contribution in [2.45, 2.75) is 57.1 Å². The van der Waals surface area contributed by atoms with Crippen molar-refractivity contribution in [3.05, 3.63) is 55.9 Å². The van der Waals surface area contributed by atoms with Crippen molar-refractivity contribution < 1.29 is 9.53 Å². The summed E-state index contributed by atoms with van der Waals surface area (Å²) in [6.45, 7) is 0.961.